The van der Waals surface area contributed by atoms with Gasteiger partial charge in [-0.25, -0.2) is 0 Å². The maximum absolute atomic E-state index is 11.5. The van der Waals surface area contributed by atoms with Crippen LogP contribution in [0, 0.1) is 0 Å². The molecule has 228 valence electrons. The molecule has 8 heteroatoms. The molecular weight excluding hydrogens is 556 g/mol. The zero-order valence-corrected chi connectivity index (χ0v) is 25.6. The van der Waals surface area contributed by atoms with Crippen molar-refractivity contribution in [2.45, 2.75) is 37.8 Å². The Morgan fingerprint density at radius 1 is 0.705 bits per heavy atom. The molecule has 10 rings (SSSR count). The lowest BCUT2D eigenvalue weighted by molar-refractivity contribution is 0.221. The fraction of sp³-hybridized carbons (Fsp3) is 0.333. The van der Waals surface area contributed by atoms with E-state index in [4.69, 9.17) is 18.9 Å². The summed E-state index contributed by atoms with van der Waals surface area (Å²) < 4.78 is 24.5. The number of hydrogen-bond acceptors (Lipinski definition) is 8. The van der Waals surface area contributed by atoms with Gasteiger partial charge in [-0.05, 0) is 110 Å². The Labute approximate surface area is 258 Å². The SMILES string of the molecule is COc1cc2c3cc1Oc1c(O)c(OC)cc4c1[C@@H](Cc1ccc(cc1)Oc1cc(ccc1O)C[C@H]2N(C)CC3)N(C)CC4. The molecule has 0 unspecified atom stereocenters. The van der Waals surface area contributed by atoms with Crippen molar-refractivity contribution in [2.24, 2.45) is 0 Å². The van der Waals surface area contributed by atoms with Crippen molar-refractivity contribution in [3.63, 3.8) is 0 Å². The van der Waals surface area contributed by atoms with Crippen molar-refractivity contribution in [1.82, 2.24) is 9.80 Å². The highest BCUT2D eigenvalue weighted by molar-refractivity contribution is 5.63. The first kappa shape index (κ1) is 28.4. The summed E-state index contributed by atoms with van der Waals surface area (Å²) in [5, 5.41) is 22.2. The Balaban J connectivity index is 1.44. The molecule has 0 spiro atoms. The highest BCUT2D eigenvalue weighted by Gasteiger charge is 2.34. The molecule has 0 fully saturated rings. The van der Waals surface area contributed by atoms with Gasteiger partial charge in [-0.2, -0.15) is 0 Å². The molecule has 8 nitrogen and oxygen atoms in total. The van der Waals surface area contributed by atoms with Crippen molar-refractivity contribution >= 4 is 0 Å². The summed E-state index contributed by atoms with van der Waals surface area (Å²) in [6.45, 7) is 1.74. The van der Waals surface area contributed by atoms with E-state index < -0.39 is 0 Å². The lowest BCUT2D eigenvalue weighted by atomic mass is 9.87. The molecule has 0 aliphatic carbocycles. The number of nitrogens with zero attached hydrogens (tertiary/aromatic N) is 2. The van der Waals surface area contributed by atoms with Crippen molar-refractivity contribution in [3.8, 4) is 46.0 Å². The van der Waals surface area contributed by atoms with Crippen LogP contribution in [0.25, 0.3) is 0 Å². The Kier molecular flexibility index (Phi) is 7.26. The number of aromatic hydroxyl groups is 2. The fourth-order valence-electron chi connectivity index (χ4n) is 6.94. The van der Waals surface area contributed by atoms with E-state index in [1.165, 1.54) is 11.1 Å². The zero-order valence-electron chi connectivity index (χ0n) is 25.6. The fourth-order valence-corrected chi connectivity index (χ4v) is 6.94. The summed E-state index contributed by atoms with van der Waals surface area (Å²) in [4.78, 5) is 4.66. The Hall–Kier alpha value is -4.40. The van der Waals surface area contributed by atoms with Crippen LogP contribution >= 0.6 is 0 Å². The molecule has 0 amide bonds. The summed E-state index contributed by atoms with van der Waals surface area (Å²) in [5.41, 5.74) is 6.56. The van der Waals surface area contributed by atoms with E-state index in [0.717, 1.165) is 54.6 Å². The molecule has 2 atom stereocenters. The van der Waals surface area contributed by atoms with E-state index in [9.17, 15) is 10.2 Å². The first-order valence-electron chi connectivity index (χ1n) is 15.1. The predicted molar refractivity (Wildman–Crippen MR) is 168 cm³/mol. The summed E-state index contributed by atoms with van der Waals surface area (Å²) in [7, 11) is 7.46. The largest absolute Gasteiger partial charge is 0.504 e. The van der Waals surface area contributed by atoms with Crippen molar-refractivity contribution in [2.75, 3.05) is 41.4 Å². The monoisotopic (exact) mass is 594 g/mol. The van der Waals surface area contributed by atoms with E-state index in [1.807, 2.05) is 30.3 Å². The number of phenols is 2. The molecule has 0 saturated carbocycles. The Morgan fingerprint density at radius 2 is 1.39 bits per heavy atom. The third kappa shape index (κ3) is 4.98. The lowest BCUT2D eigenvalue weighted by Crippen LogP contribution is -2.34. The topological polar surface area (TPSA) is 83.9 Å². The van der Waals surface area contributed by atoms with Crippen LogP contribution in [0.1, 0.15) is 45.5 Å². The van der Waals surface area contributed by atoms with Crippen LogP contribution in [0.5, 0.6) is 46.0 Å². The highest BCUT2D eigenvalue weighted by Crippen LogP contribution is 2.51. The van der Waals surface area contributed by atoms with E-state index in [0.29, 0.717) is 40.9 Å². The molecule has 4 aromatic rings. The second kappa shape index (κ2) is 11.3. The third-order valence-electron chi connectivity index (χ3n) is 9.46. The molecule has 2 N–H and O–H groups in total. The minimum Gasteiger partial charge on any atom is -0.504 e. The second-order valence-corrected chi connectivity index (χ2v) is 12.1. The standard InChI is InChI=1S/C36H38N2O6/c1-37-13-11-23-18-32-31(41-3)20-26(23)27(37)16-22-7-10-29(39)30(17-22)43-25-8-5-21(6-9-25)15-28-34-24(12-14-38(28)2)19-33(42-4)35(40)36(34)44-32/h5-10,17-20,27-28,39-40H,11-16H2,1-4H3/t27-,28-/m1/s1. The summed E-state index contributed by atoms with van der Waals surface area (Å²) in [6.07, 6.45) is 3.08. The van der Waals surface area contributed by atoms with Crippen molar-refractivity contribution in [3.05, 3.63) is 94.0 Å². The first-order chi connectivity index (χ1) is 21.3. The Morgan fingerprint density at radius 3 is 2.14 bits per heavy atom. The number of phenolic OH excluding ortho intramolecular Hbond substituents is 2. The number of methoxy groups -OCH3 is 2. The van der Waals surface area contributed by atoms with Gasteiger partial charge in [0, 0.05) is 30.7 Å². The minimum absolute atomic E-state index is 0.0161. The molecule has 6 aliphatic heterocycles. The van der Waals surface area contributed by atoms with Gasteiger partial charge in [-0.3, -0.25) is 9.80 Å². The minimum atomic E-state index is -0.0539. The number of benzene rings is 4. The summed E-state index contributed by atoms with van der Waals surface area (Å²) in [6, 6.07) is 19.7. The predicted octanol–water partition coefficient (Wildman–Crippen LogP) is 6.56. The van der Waals surface area contributed by atoms with Crippen molar-refractivity contribution < 1.29 is 29.2 Å². The van der Waals surface area contributed by atoms with Crippen LogP contribution in [-0.2, 0) is 25.7 Å². The molecule has 4 aromatic carbocycles. The second-order valence-electron chi connectivity index (χ2n) is 12.1. The average Bonchev–Trinajstić information content (AvgIpc) is 3.03. The van der Waals surface area contributed by atoms with Crippen LogP contribution in [0.3, 0.4) is 0 Å². The van der Waals surface area contributed by atoms with Gasteiger partial charge in [0.05, 0.1) is 14.2 Å². The van der Waals surface area contributed by atoms with E-state index in [1.54, 1.807) is 20.3 Å². The summed E-state index contributed by atoms with van der Waals surface area (Å²) in [5.74, 6) is 3.14. The molecule has 44 heavy (non-hydrogen) atoms. The first-order valence-corrected chi connectivity index (χ1v) is 15.1. The third-order valence-corrected chi connectivity index (χ3v) is 9.46. The maximum Gasteiger partial charge on any atom is 0.201 e. The van der Waals surface area contributed by atoms with Gasteiger partial charge in [-0.1, -0.05) is 18.2 Å². The average molecular weight is 595 g/mol. The lowest BCUT2D eigenvalue weighted by Gasteiger charge is -2.37. The molecule has 8 bridgehead atoms. The molecular formula is C36H38N2O6. The summed E-state index contributed by atoms with van der Waals surface area (Å²) >= 11 is 0. The number of likely N-dealkylation sites (N-methyl/N-ethyl adjacent to an activating group) is 2. The van der Waals surface area contributed by atoms with Crippen molar-refractivity contribution in [1.29, 1.82) is 0 Å². The van der Waals surface area contributed by atoms with E-state index in [2.05, 4.69) is 48.2 Å². The van der Waals surface area contributed by atoms with Crippen LogP contribution in [0.2, 0.25) is 0 Å². The Bertz CT molecular complexity index is 1720. The van der Waals surface area contributed by atoms with Gasteiger partial charge in [0.1, 0.15) is 5.75 Å². The van der Waals surface area contributed by atoms with Gasteiger partial charge in [-0.15, -0.1) is 0 Å². The van der Waals surface area contributed by atoms with Crippen LogP contribution in [0.15, 0.2) is 60.7 Å². The molecule has 6 aliphatic rings. The molecule has 0 radical (unpaired) electrons. The molecule has 0 saturated heterocycles. The molecule has 0 aromatic heterocycles. The normalized spacial score (nSPS) is 19.6. The van der Waals surface area contributed by atoms with Gasteiger partial charge in [0.2, 0.25) is 5.75 Å². The van der Waals surface area contributed by atoms with Crippen LogP contribution < -0.4 is 18.9 Å². The van der Waals surface area contributed by atoms with Gasteiger partial charge in [0.25, 0.3) is 0 Å². The van der Waals surface area contributed by atoms with Crippen LogP contribution in [-0.4, -0.2) is 61.4 Å². The van der Waals surface area contributed by atoms with E-state index >= 15 is 0 Å². The quantitative estimate of drug-likeness (QED) is 0.270. The van der Waals surface area contributed by atoms with E-state index in [-0.39, 0.29) is 23.6 Å². The van der Waals surface area contributed by atoms with Crippen LogP contribution in [0.4, 0.5) is 0 Å². The van der Waals surface area contributed by atoms with Gasteiger partial charge < -0.3 is 29.2 Å². The van der Waals surface area contributed by atoms with Gasteiger partial charge in [0.15, 0.2) is 34.5 Å². The highest BCUT2D eigenvalue weighted by atomic mass is 16.5. The number of rotatable bonds is 2. The number of hydrogen-bond donors (Lipinski definition) is 2. The molecule has 6 heterocycles. The maximum atomic E-state index is 11.5. The zero-order chi connectivity index (χ0) is 30.5. The number of ether oxygens (including phenoxy) is 4. The van der Waals surface area contributed by atoms with Gasteiger partial charge >= 0.3 is 0 Å². The smallest absolute Gasteiger partial charge is 0.201 e.